The first-order chi connectivity index (χ1) is 7.23. The molecule has 2 atom stereocenters. The van der Waals surface area contributed by atoms with Crippen LogP contribution in [0.3, 0.4) is 0 Å². The Hall–Kier alpha value is -0.0100. The van der Waals surface area contributed by atoms with Gasteiger partial charge in [0.05, 0.1) is 5.38 Å². The number of thiophene rings is 1. The Morgan fingerprint density at radius 2 is 1.69 bits per heavy atom. The van der Waals surface area contributed by atoms with Crippen LogP contribution >= 0.6 is 22.9 Å². The van der Waals surface area contributed by atoms with E-state index in [2.05, 4.69) is 53.7 Å². The molecule has 2 heteroatoms. The summed E-state index contributed by atoms with van der Waals surface area (Å²) in [4.78, 5) is 2.73. The summed E-state index contributed by atoms with van der Waals surface area (Å²) in [6.07, 6.45) is 0. The standard InChI is InChI=1S/C14H23ClS/c1-9(2)10(3)13(15)11-7-8-12(16-11)14(4,5)6/h7-10,13H,1-6H3. The average molecular weight is 259 g/mol. The van der Waals surface area contributed by atoms with Crippen LogP contribution in [0.2, 0.25) is 0 Å². The molecule has 2 unspecified atom stereocenters. The molecule has 16 heavy (non-hydrogen) atoms. The van der Waals surface area contributed by atoms with Crippen LogP contribution in [0.4, 0.5) is 0 Å². The maximum atomic E-state index is 6.53. The summed E-state index contributed by atoms with van der Waals surface area (Å²) in [5, 5.41) is 0.154. The molecular weight excluding hydrogens is 236 g/mol. The minimum absolute atomic E-state index is 0.154. The molecule has 0 aliphatic carbocycles. The van der Waals surface area contributed by atoms with E-state index in [0.29, 0.717) is 11.8 Å². The van der Waals surface area contributed by atoms with Crippen molar-refractivity contribution >= 4 is 22.9 Å². The Bertz CT molecular complexity index is 333. The van der Waals surface area contributed by atoms with E-state index in [1.165, 1.54) is 9.75 Å². The normalized spacial score (nSPS) is 16.5. The highest BCUT2D eigenvalue weighted by molar-refractivity contribution is 7.12. The van der Waals surface area contributed by atoms with Gasteiger partial charge in [0.15, 0.2) is 0 Å². The molecule has 0 aliphatic rings. The molecule has 0 aliphatic heterocycles. The highest BCUT2D eigenvalue weighted by atomic mass is 35.5. The molecule has 1 aromatic rings. The third-order valence-electron chi connectivity index (χ3n) is 3.15. The summed E-state index contributed by atoms with van der Waals surface area (Å²) in [5.74, 6) is 1.15. The monoisotopic (exact) mass is 258 g/mol. The summed E-state index contributed by atoms with van der Waals surface area (Å²) in [6.45, 7) is 13.4. The van der Waals surface area contributed by atoms with Crippen LogP contribution in [0, 0.1) is 11.8 Å². The van der Waals surface area contributed by atoms with E-state index in [0.717, 1.165) is 0 Å². The fourth-order valence-electron chi connectivity index (χ4n) is 1.50. The number of hydrogen-bond donors (Lipinski definition) is 0. The van der Waals surface area contributed by atoms with Gasteiger partial charge in [0.1, 0.15) is 0 Å². The van der Waals surface area contributed by atoms with E-state index in [1.54, 1.807) is 0 Å². The van der Waals surface area contributed by atoms with Gasteiger partial charge in [0.2, 0.25) is 0 Å². The predicted molar refractivity (Wildman–Crippen MR) is 75.6 cm³/mol. The Morgan fingerprint density at radius 1 is 1.12 bits per heavy atom. The van der Waals surface area contributed by atoms with Gasteiger partial charge >= 0.3 is 0 Å². The highest BCUT2D eigenvalue weighted by Crippen LogP contribution is 2.39. The second-order valence-corrected chi connectivity index (χ2v) is 7.54. The second kappa shape index (κ2) is 5.10. The van der Waals surface area contributed by atoms with Crippen molar-refractivity contribution in [2.75, 3.05) is 0 Å². The van der Waals surface area contributed by atoms with Crippen molar-refractivity contribution in [1.82, 2.24) is 0 Å². The summed E-state index contributed by atoms with van der Waals surface area (Å²) >= 11 is 8.39. The number of halogens is 1. The molecule has 92 valence electrons. The van der Waals surface area contributed by atoms with Gasteiger partial charge in [-0.05, 0) is 29.4 Å². The van der Waals surface area contributed by atoms with Crippen molar-refractivity contribution in [3.63, 3.8) is 0 Å². The van der Waals surface area contributed by atoms with E-state index in [-0.39, 0.29) is 10.8 Å². The van der Waals surface area contributed by atoms with E-state index < -0.39 is 0 Å². The summed E-state index contributed by atoms with van der Waals surface area (Å²) in [5.41, 5.74) is 0.237. The summed E-state index contributed by atoms with van der Waals surface area (Å²) in [7, 11) is 0. The van der Waals surface area contributed by atoms with Crippen molar-refractivity contribution in [3.8, 4) is 0 Å². The van der Waals surface area contributed by atoms with Crippen LogP contribution in [0.15, 0.2) is 12.1 Å². The van der Waals surface area contributed by atoms with E-state index in [9.17, 15) is 0 Å². The lowest BCUT2D eigenvalue weighted by Crippen LogP contribution is -2.10. The molecule has 0 spiro atoms. The van der Waals surface area contributed by atoms with Crippen LogP contribution in [0.1, 0.15) is 56.7 Å². The lowest BCUT2D eigenvalue weighted by atomic mass is 9.93. The molecule has 0 N–H and O–H groups in total. The van der Waals surface area contributed by atoms with E-state index in [4.69, 9.17) is 11.6 Å². The van der Waals surface area contributed by atoms with Crippen molar-refractivity contribution < 1.29 is 0 Å². The van der Waals surface area contributed by atoms with Gasteiger partial charge in [0.25, 0.3) is 0 Å². The smallest absolute Gasteiger partial charge is 0.0706 e. The zero-order valence-electron chi connectivity index (χ0n) is 11.2. The van der Waals surface area contributed by atoms with E-state index >= 15 is 0 Å². The minimum Gasteiger partial charge on any atom is -0.143 e. The molecule has 1 rings (SSSR count). The molecule has 0 amide bonds. The zero-order chi connectivity index (χ0) is 12.5. The van der Waals surface area contributed by atoms with Crippen LogP contribution in [-0.2, 0) is 5.41 Å². The SMILES string of the molecule is CC(C)C(C)C(Cl)c1ccc(C(C)(C)C)s1. The second-order valence-electron chi connectivity index (χ2n) is 5.96. The van der Waals surface area contributed by atoms with Crippen LogP contribution < -0.4 is 0 Å². The average Bonchev–Trinajstić information content (AvgIpc) is 2.63. The molecule has 1 aromatic heterocycles. The fraction of sp³-hybridized carbons (Fsp3) is 0.714. The first-order valence-electron chi connectivity index (χ1n) is 5.97. The van der Waals surface area contributed by atoms with Crippen molar-refractivity contribution in [1.29, 1.82) is 0 Å². The van der Waals surface area contributed by atoms with Gasteiger partial charge in [-0.25, -0.2) is 0 Å². The minimum atomic E-state index is 0.154. The van der Waals surface area contributed by atoms with Gasteiger partial charge in [0, 0.05) is 9.75 Å². The van der Waals surface area contributed by atoms with Crippen molar-refractivity contribution in [3.05, 3.63) is 21.9 Å². The molecule has 0 bridgehead atoms. The van der Waals surface area contributed by atoms with Crippen LogP contribution in [0.5, 0.6) is 0 Å². The lowest BCUT2D eigenvalue weighted by Gasteiger charge is -2.21. The van der Waals surface area contributed by atoms with Gasteiger partial charge in [-0.1, -0.05) is 41.5 Å². The third-order valence-corrected chi connectivity index (χ3v) is 5.51. The van der Waals surface area contributed by atoms with Gasteiger partial charge in [-0.3, -0.25) is 0 Å². The Labute approximate surface area is 109 Å². The van der Waals surface area contributed by atoms with Gasteiger partial charge < -0.3 is 0 Å². The first-order valence-corrected chi connectivity index (χ1v) is 7.23. The zero-order valence-corrected chi connectivity index (χ0v) is 12.7. The Morgan fingerprint density at radius 3 is 2.06 bits per heavy atom. The van der Waals surface area contributed by atoms with Crippen LogP contribution in [-0.4, -0.2) is 0 Å². The quantitative estimate of drug-likeness (QED) is 0.618. The molecule has 0 fully saturated rings. The third kappa shape index (κ3) is 3.24. The largest absolute Gasteiger partial charge is 0.143 e. The fourth-order valence-corrected chi connectivity index (χ4v) is 3.16. The first kappa shape index (κ1) is 14.1. The number of alkyl halides is 1. The van der Waals surface area contributed by atoms with Crippen LogP contribution in [0.25, 0.3) is 0 Å². The summed E-state index contributed by atoms with van der Waals surface area (Å²) in [6, 6.07) is 4.42. The number of hydrogen-bond acceptors (Lipinski definition) is 1. The molecule has 0 radical (unpaired) electrons. The summed E-state index contributed by atoms with van der Waals surface area (Å²) < 4.78 is 0. The predicted octanol–water partition coefficient (Wildman–Crippen LogP) is 5.62. The van der Waals surface area contributed by atoms with Crippen molar-refractivity contribution in [2.45, 2.75) is 52.3 Å². The number of rotatable bonds is 3. The van der Waals surface area contributed by atoms with Crippen molar-refractivity contribution in [2.24, 2.45) is 11.8 Å². The van der Waals surface area contributed by atoms with E-state index in [1.807, 2.05) is 11.3 Å². The lowest BCUT2D eigenvalue weighted by molar-refractivity contribution is 0.409. The molecular formula is C14H23ClS. The van der Waals surface area contributed by atoms with Gasteiger partial charge in [-0.15, -0.1) is 22.9 Å². The van der Waals surface area contributed by atoms with Gasteiger partial charge in [-0.2, -0.15) is 0 Å². The molecule has 0 aromatic carbocycles. The molecule has 1 heterocycles. The Balaban J connectivity index is 2.86. The molecule has 0 nitrogen and oxygen atoms in total. The Kier molecular flexibility index (Phi) is 4.48. The molecule has 0 saturated carbocycles. The maximum Gasteiger partial charge on any atom is 0.0706 e. The molecule has 0 saturated heterocycles. The maximum absolute atomic E-state index is 6.53. The topological polar surface area (TPSA) is 0 Å². The highest BCUT2D eigenvalue weighted by Gasteiger charge is 2.23.